The minimum atomic E-state index is -0.644. The van der Waals surface area contributed by atoms with Crippen molar-refractivity contribution in [3.63, 3.8) is 0 Å². The van der Waals surface area contributed by atoms with E-state index in [1.165, 1.54) is 32.1 Å². The summed E-state index contributed by atoms with van der Waals surface area (Å²) in [7, 11) is 0. The Bertz CT molecular complexity index is 302. The van der Waals surface area contributed by atoms with E-state index in [1.807, 2.05) is 0 Å². The number of hydrogen-bond acceptors (Lipinski definition) is 2. The van der Waals surface area contributed by atoms with Gasteiger partial charge in [0, 0.05) is 13.0 Å². The smallest absolute Gasteiger partial charge is 0.220 e. The minimum Gasteiger partial charge on any atom is -0.388 e. The topological polar surface area (TPSA) is 49.3 Å². The van der Waals surface area contributed by atoms with Crippen LogP contribution < -0.4 is 5.32 Å². The molecule has 2 aliphatic carbocycles. The van der Waals surface area contributed by atoms with Crippen molar-refractivity contribution in [1.82, 2.24) is 5.32 Å². The summed E-state index contributed by atoms with van der Waals surface area (Å²) in [6.45, 7) is 2.67. The summed E-state index contributed by atoms with van der Waals surface area (Å²) in [4.78, 5) is 11.9. The van der Waals surface area contributed by atoms with Gasteiger partial charge in [0.2, 0.25) is 5.91 Å². The summed E-state index contributed by atoms with van der Waals surface area (Å²) in [5.74, 6) is 1.67. The van der Waals surface area contributed by atoms with Gasteiger partial charge in [0.1, 0.15) is 0 Å². The number of nitrogens with one attached hydrogen (secondary N) is 1. The van der Waals surface area contributed by atoms with Crippen LogP contribution >= 0.6 is 0 Å². The van der Waals surface area contributed by atoms with E-state index >= 15 is 0 Å². The van der Waals surface area contributed by atoms with E-state index in [-0.39, 0.29) is 5.91 Å². The standard InChI is InChI=1S/C17H31NO2/c1-2-14-9-11-17(20,12-10-14)13-18-16(19)8-7-15-5-3-4-6-15/h14-15,20H,2-13H2,1H3,(H,18,19). The Kier molecular flexibility index (Phi) is 5.88. The molecule has 0 aromatic heterocycles. The molecule has 3 heteroatoms. The highest BCUT2D eigenvalue weighted by molar-refractivity contribution is 5.75. The molecule has 20 heavy (non-hydrogen) atoms. The Balaban J connectivity index is 1.62. The van der Waals surface area contributed by atoms with Gasteiger partial charge in [-0.2, -0.15) is 0 Å². The summed E-state index contributed by atoms with van der Waals surface area (Å²) in [5, 5.41) is 13.5. The Hall–Kier alpha value is -0.570. The molecule has 0 bridgehead atoms. The van der Waals surface area contributed by atoms with Crippen LogP contribution in [-0.4, -0.2) is 23.2 Å². The highest BCUT2D eigenvalue weighted by Gasteiger charge is 2.32. The van der Waals surface area contributed by atoms with Crippen molar-refractivity contribution in [3.8, 4) is 0 Å². The number of hydrogen-bond donors (Lipinski definition) is 2. The Labute approximate surface area is 123 Å². The van der Waals surface area contributed by atoms with Crippen molar-refractivity contribution in [2.45, 2.75) is 83.2 Å². The summed E-state index contributed by atoms with van der Waals surface area (Å²) in [5.41, 5.74) is -0.644. The molecule has 1 amide bonds. The summed E-state index contributed by atoms with van der Waals surface area (Å²) in [6.07, 6.45) is 12.0. The minimum absolute atomic E-state index is 0.128. The van der Waals surface area contributed by atoms with E-state index in [1.54, 1.807) is 0 Å². The summed E-state index contributed by atoms with van der Waals surface area (Å²) in [6, 6.07) is 0. The van der Waals surface area contributed by atoms with Gasteiger partial charge >= 0.3 is 0 Å². The van der Waals surface area contributed by atoms with E-state index in [9.17, 15) is 9.90 Å². The number of carbonyl (C=O) groups excluding carboxylic acids is 1. The molecule has 0 radical (unpaired) electrons. The SMILES string of the molecule is CCC1CCC(O)(CNC(=O)CCC2CCCC2)CC1. The number of rotatable bonds is 6. The molecule has 2 N–H and O–H groups in total. The van der Waals surface area contributed by atoms with Gasteiger partial charge in [-0.25, -0.2) is 0 Å². The maximum atomic E-state index is 11.9. The number of aliphatic hydroxyl groups is 1. The molecule has 0 saturated heterocycles. The Morgan fingerprint density at radius 1 is 1.15 bits per heavy atom. The largest absolute Gasteiger partial charge is 0.388 e. The maximum absolute atomic E-state index is 11.9. The van der Waals surface area contributed by atoms with Crippen molar-refractivity contribution < 1.29 is 9.90 Å². The lowest BCUT2D eigenvalue weighted by Crippen LogP contribution is -2.45. The summed E-state index contributed by atoms with van der Waals surface area (Å²) >= 11 is 0. The van der Waals surface area contributed by atoms with Gasteiger partial charge in [-0.05, 0) is 43.9 Å². The molecule has 0 aromatic carbocycles. The van der Waals surface area contributed by atoms with E-state index in [0.717, 1.165) is 43.9 Å². The Morgan fingerprint density at radius 3 is 2.40 bits per heavy atom. The first-order valence-corrected chi connectivity index (χ1v) is 8.60. The van der Waals surface area contributed by atoms with Crippen LogP contribution in [0.5, 0.6) is 0 Å². The zero-order chi connectivity index (χ0) is 14.4. The second-order valence-electron chi connectivity index (χ2n) is 7.04. The number of amides is 1. The van der Waals surface area contributed by atoms with E-state index < -0.39 is 5.60 Å². The summed E-state index contributed by atoms with van der Waals surface area (Å²) < 4.78 is 0. The zero-order valence-electron chi connectivity index (χ0n) is 13.0. The van der Waals surface area contributed by atoms with Crippen molar-refractivity contribution in [2.75, 3.05) is 6.54 Å². The molecule has 0 atom stereocenters. The lowest BCUT2D eigenvalue weighted by atomic mass is 9.78. The third kappa shape index (κ3) is 4.76. The van der Waals surface area contributed by atoms with Crippen LogP contribution in [0.1, 0.15) is 77.6 Å². The molecule has 0 aliphatic heterocycles. The zero-order valence-corrected chi connectivity index (χ0v) is 13.0. The lowest BCUT2D eigenvalue weighted by molar-refractivity contribution is -0.123. The maximum Gasteiger partial charge on any atom is 0.220 e. The molecule has 0 aromatic rings. The highest BCUT2D eigenvalue weighted by Crippen LogP contribution is 2.33. The predicted octanol–water partition coefficient (Wildman–Crippen LogP) is 3.40. The highest BCUT2D eigenvalue weighted by atomic mass is 16.3. The molecule has 2 fully saturated rings. The van der Waals surface area contributed by atoms with Gasteiger partial charge in [0.25, 0.3) is 0 Å². The third-order valence-corrected chi connectivity index (χ3v) is 5.48. The van der Waals surface area contributed by atoms with Crippen molar-refractivity contribution >= 4 is 5.91 Å². The third-order valence-electron chi connectivity index (χ3n) is 5.48. The monoisotopic (exact) mass is 281 g/mol. The molecular weight excluding hydrogens is 250 g/mol. The van der Waals surface area contributed by atoms with Crippen LogP contribution in [0.25, 0.3) is 0 Å². The molecule has 0 spiro atoms. The van der Waals surface area contributed by atoms with Crippen LogP contribution in [0.15, 0.2) is 0 Å². The average Bonchev–Trinajstić information content (AvgIpc) is 2.97. The normalized spacial score (nSPS) is 31.4. The van der Waals surface area contributed by atoms with Gasteiger partial charge in [0.15, 0.2) is 0 Å². The van der Waals surface area contributed by atoms with Crippen molar-refractivity contribution in [2.24, 2.45) is 11.8 Å². The molecule has 0 heterocycles. The van der Waals surface area contributed by atoms with Crippen molar-refractivity contribution in [3.05, 3.63) is 0 Å². The number of carbonyl (C=O) groups is 1. The quantitative estimate of drug-likeness (QED) is 0.784. The molecule has 2 aliphatic rings. The Morgan fingerprint density at radius 2 is 1.80 bits per heavy atom. The lowest BCUT2D eigenvalue weighted by Gasteiger charge is -2.35. The molecular formula is C17H31NO2. The fourth-order valence-corrected chi connectivity index (χ4v) is 3.79. The fourth-order valence-electron chi connectivity index (χ4n) is 3.79. The van der Waals surface area contributed by atoms with Crippen LogP contribution in [-0.2, 0) is 4.79 Å². The van der Waals surface area contributed by atoms with E-state index in [2.05, 4.69) is 12.2 Å². The van der Waals surface area contributed by atoms with Gasteiger partial charge in [-0.1, -0.05) is 39.0 Å². The van der Waals surface area contributed by atoms with E-state index in [0.29, 0.717) is 13.0 Å². The van der Waals surface area contributed by atoms with Gasteiger partial charge < -0.3 is 10.4 Å². The van der Waals surface area contributed by atoms with Gasteiger partial charge in [-0.3, -0.25) is 4.79 Å². The molecule has 116 valence electrons. The van der Waals surface area contributed by atoms with Crippen LogP contribution in [0, 0.1) is 11.8 Å². The fraction of sp³-hybridized carbons (Fsp3) is 0.941. The molecule has 2 saturated carbocycles. The first-order chi connectivity index (χ1) is 9.61. The molecule has 3 nitrogen and oxygen atoms in total. The molecule has 2 rings (SSSR count). The second kappa shape index (κ2) is 7.44. The van der Waals surface area contributed by atoms with Gasteiger partial charge in [0.05, 0.1) is 5.60 Å². The van der Waals surface area contributed by atoms with Crippen molar-refractivity contribution in [1.29, 1.82) is 0 Å². The van der Waals surface area contributed by atoms with Crippen LogP contribution in [0.4, 0.5) is 0 Å². The first kappa shape index (κ1) is 15.8. The van der Waals surface area contributed by atoms with Crippen LogP contribution in [0.3, 0.4) is 0 Å². The second-order valence-corrected chi connectivity index (χ2v) is 7.04. The van der Waals surface area contributed by atoms with E-state index in [4.69, 9.17) is 0 Å². The average molecular weight is 281 g/mol. The predicted molar refractivity (Wildman–Crippen MR) is 81.4 cm³/mol. The first-order valence-electron chi connectivity index (χ1n) is 8.60. The molecule has 0 unspecified atom stereocenters. The van der Waals surface area contributed by atoms with Gasteiger partial charge in [-0.15, -0.1) is 0 Å². The van der Waals surface area contributed by atoms with Crippen LogP contribution in [0.2, 0.25) is 0 Å².